The van der Waals surface area contributed by atoms with Gasteiger partial charge in [0.15, 0.2) is 0 Å². The van der Waals surface area contributed by atoms with Crippen molar-refractivity contribution >= 4 is 5.91 Å². The van der Waals surface area contributed by atoms with Crippen molar-refractivity contribution in [3.8, 4) is 11.5 Å². The summed E-state index contributed by atoms with van der Waals surface area (Å²) in [5.74, 6) is 1.62. The lowest BCUT2D eigenvalue weighted by atomic mass is 10.1. The minimum Gasteiger partial charge on any atom is -0.497 e. The second kappa shape index (κ2) is 8.96. The maximum Gasteiger partial charge on any atom is 0.220 e. The average Bonchev–Trinajstić information content (AvgIpc) is 2.59. The number of benzene rings is 2. The van der Waals surface area contributed by atoms with Crippen LogP contribution >= 0.6 is 0 Å². The van der Waals surface area contributed by atoms with Gasteiger partial charge in [0.05, 0.1) is 19.8 Å². The number of rotatable bonds is 8. The zero-order valence-electron chi connectivity index (χ0n) is 14.5. The van der Waals surface area contributed by atoms with E-state index >= 15 is 0 Å². The second-order valence-electron chi connectivity index (χ2n) is 5.83. The molecule has 0 spiro atoms. The van der Waals surface area contributed by atoms with Gasteiger partial charge in [-0.3, -0.25) is 4.79 Å². The van der Waals surface area contributed by atoms with Gasteiger partial charge >= 0.3 is 0 Å². The first-order chi connectivity index (χ1) is 11.6. The predicted molar refractivity (Wildman–Crippen MR) is 95.5 cm³/mol. The first kappa shape index (κ1) is 17.9. The number of hydrogen-bond donors (Lipinski definition) is 1. The van der Waals surface area contributed by atoms with Gasteiger partial charge in [0.25, 0.3) is 0 Å². The fourth-order valence-corrected chi connectivity index (χ4v) is 2.35. The number of carbonyl (C=O) groups excluding carboxylic acids is 1. The lowest BCUT2D eigenvalue weighted by Crippen LogP contribution is -2.26. The van der Waals surface area contributed by atoms with E-state index in [0.29, 0.717) is 19.4 Å². The Bertz CT molecular complexity index is 635. The number of amides is 1. The molecule has 0 saturated heterocycles. The average molecular weight is 327 g/mol. The molecular weight excluding hydrogens is 302 g/mol. The first-order valence-electron chi connectivity index (χ1n) is 8.21. The van der Waals surface area contributed by atoms with Crippen LogP contribution in [0.2, 0.25) is 0 Å². The Hall–Kier alpha value is -2.49. The molecule has 0 heterocycles. The van der Waals surface area contributed by atoms with E-state index in [1.807, 2.05) is 43.3 Å². The number of methoxy groups -OCH3 is 1. The summed E-state index contributed by atoms with van der Waals surface area (Å²) in [7, 11) is 1.63. The third kappa shape index (κ3) is 5.61. The van der Waals surface area contributed by atoms with Crippen molar-refractivity contribution < 1.29 is 14.3 Å². The Morgan fingerprint density at radius 1 is 1.04 bits per heavy atom. The van der Waals surface area contributed by atoms with Gasteiger partial charge in [0, 0.05) is 6.42 Å². The highest BCUT2D eigenvalue weighted by Crippen LogP contribution is 2.17. The summed E-state index contributed by atoms with van der Waals surface area (Å²) in [4.78, 5) is 12.0. The molecule has 24 heavy (non-hydrogen) atoms. The molecule has 0 saturated carbocycles. The van der Waals surface area contributed by atoms with Crippen molar-refractivity contribution in [2.45, 2.75) is 32.7 Å². The van der Waals surface area contributed by atoms with Gasteiger partial charge in [-0.05, 0) is 50.1 Å². The minimum absolute atomic E-state index is 0.0145. The van der Waals surface area contributed by atoms with E-state index < -0.39 is 0 Å². The normalized spacial score (nSPS) is 11.6. The summed E-state index contributed by atoms with van der Waals surface area (Å²) in [6.45, 7) is 4.56. The second-order valence-corrected chi connectivity index (χ2v) is 5.83. The lowest BCUT2D eigenvalue weighted by molar-refractivity contribution is -0.121. The molecule has 0 radical (unpaired) electrons. The van der Waals surface area contributed by atoms with E-state index in [9.17, 15) is 4.79 Å². The third-order valence-corrected chi connectivity index (χ3v) is 3.83. The molecule has 128 valence electrons. The van der Waals surface area contributed by atoms with Gasteiger partial charge in [-0.2, -0.15) is 0 Å². The van der Waals surface area contributed by atoms with E-state index in [1.165, 1.54) is 5.56 Å². The van der Waals surface area contributed by atoms with Crippen LogP contribution in [0.4, 0.5) is 0 Å². The molecular formula is C20H25NO3. The molecule has 1 unspecified atom stereocenters. The Morgan fingerprint density at radius 2 is 1.67 bits per heavy atom. The van der Waals surface area contributed by atoms with Crippen LogP contribution in [0.15, 0.2) is 48.5 Å². The van der Waals surface area contributed by atoms with E-state index in [0.717, 1.165) is 17.1 Å². The monoisotopic (exact) mass is 327 g/mol. The number of hydrogen-bond acceptors (Lipinski definition) is 3. The standard InChI is InChI=1S/C20H25NO3/c1-15-6-8-17(9-7-15)16(2)21-20(22)5-4-14-24-19-12-10-18(23-3)11-13-19/h6-13,16H,4-5,14H2,1-3H3,(H,21,22). The minimum atomic E-state index is 0.0145. The highest BCUT2D eigenvalue weighted by Gasteiger charge is 2.09. The summed E-state index contributed by atoms with van der Waals surface area (Å²) in [5.41, 5.74) is 2.33. The zero-order chi connectivity index (χ0) is 17.4. The largest absolute Gasteiger partial charge is 0.497 e. The first-order valence-corrected chi connectivity index (χ1v) is 8.21. The van der Waals surface area contributed by atoms with Crippen molar-refractivity contribution in [3.05, 3.63) is 59.7 Å². The summed E-state index contributed by atoms with van der Waals surface area (Å²) >= 11 is 0. The van der Waals surface area contributed by atoms with Crippen LogP contribution in [0.3, 0.4) is 0 Å². The van der Waals surface area contributed by atoms with Gasteiger partial charge in [-0.1, -0.05) is 29.8 Å². The smallest absolute Gasteiger partial charge is 0.220 e. The topological polar surface area (TPSA) is 47.6 Å². The molecule has 0 aliphatic rings. The van der Waals surface area contributed by atoms with Crippen LogP contribution in [0.25, 0.3) is 0 Å². The fourth-order valence-electron chi connectivity index (χ4n) is 2.35. The van der Waals surface area contributed by atoms with Gasteiger partial charge < -0.3 is 14.8 Å². The van der Waals surface area contributed by atoms with Gasteiger partial charge in [-0.15, -0.1) is 0 Å². The molecule has 4 heteroatoms. The molecule has 1 atom stereocenters. The van der Waals surface area contributed by atoms with Crippen molar-refractivity contribution in [1.82, 2.24) is 5.32 Å². The Labute approximate surface area is 143 Å². The van der Waals surface area contributed by atoms with Crippen molar-refractivity contribution in [2.24, 2.45) is 0 Å². The quantitative estimate of drug-likeness (QED) is 0.744. The maximum atomic E-state index is 12.0. The highest BCUT2D eigenvalue weighted by atomic mass is 16.5. The fraction of sp³-hybridized carbons (Fsp3) is 0.350. The van der Waals surface area contributed by atoms with Crippen LogP contribution in [-0.4, -0.2) is 19.6 Å². The number of nitrogens with one attached hydrogen (secondary N) is 1. The summed E-state index contributed by atoms with van der Waals surface area (Å²) in [6, 6.07) is 15.6. The van der Waals surface area contributed by atoms with Crippen LogP contribution in [0, 0.1) is 6.92 Å². The van der Waals surface area contributed by atoms with Crippen molar-refractivity contribution in [3.63, 3.8) is 0 Å². The molecule has 0 bridgehead atoms. The molecule has 0 aromatic heterocycles. The van der Waals surface area contributed by atoms with Gasteiger partial charge in [-0.25, -0.2) is 0 Å². The van der Waals surface area contributed by atoms with E-state index in [1.54, 1.807) is 7.11 Å². The van der Waals surface area contributed by atoms with Crippen molar-refractivity contribution in [1.29, 1.82) is 0 Å². The lowest BCUT2D eigenvalue weighted by Gasteiger charge is -2.14. The zero-order valence-corrected chi connectivity index (χ0v) is 14.5. The SMILES string of the molecule is COc1ccc(OCCCC(=O)NC(C)c2ccc(C)cc2)cc1. The molecule has 2 aromatic carbocycles. The molecule has 2 rings (SSSR count). The van der Waals surface area contributed by atoms with Crippen LogP contribution < -0.4 is 14.8 Å². The molecule has 0 aliphatic heterocycles. The summed E-state index contributed by atoms with van der Waals surface area (Å²) in [5, 5.41) is 3.02. The molecule has 1 amide bonds. The molecule has 2 aromatic rings. The maximum absolute atomic E-state index is 12.0. The number of carbonyl (C=O) groups is 1. The molecule has 0 fully saturated rings. The summed E-state index contributed by atoms with van der Waals surface area (Å²) < 4.78 is 10.7. The van der Waals surface area contributed by atoms with Crippen molar-refractivity contribution in [2.75, 3.05) is 13.7 Å². The van der Waals surface area contributed by atoms with Crippen LogP contribution in [-0.2, 0) is 4.79 Å². The van der Waals surface area contributed by atoms with E-state index in [2.05, 4.69) is 24.4 Å². The molecule has 4 nitrogen and oxygen atoms in total. The van der Waals surface area contributed by atoms with Gasteiger partial charge in [0.2, 0.25) is 5.91 Å². The number of ether oxygens (including phenoxy) is 2. The van der Waals surface area contributed by atoms with E-state index in [-0.39, 0.29) is 11.9 Å². The van der Waals surface area contributed by atoms with E-state index in [4.69, 9.17) is 9.47 Å². The Balaban J connectivity index is 1.68. The highest BCUT2D eigenvalue weighted by molar-refractivity contribution is 5.76. The Morgan fingerprint density at radius 3 is 2.29 bits per heavy atom. The van der Waals surface area contributed by atoms with Crippen LogP contribution in [0.1, 0.15) is 36.9 Å². The third-order valence-electron chi connectivity index (χ3n) is 3.83. The molecule has 1 N–H and O–H groups in total. The van der Waals surface area contributed by atoms with Crippen LogP contribution in [0.5, 0.6) is 11.5 Å². The Kier molecular flexibility index (Phi) is 6.67. The van der Waals surface area contributed by atoms with Gasteiger partial charge in [0.1, 0.15) is 11.5 Å². The number of aryl methyl sites for hydroxylation is 1. The summed E-state index contributed by atoms with van der Waals surface area (Å²) in [6.07, 6.45) is 1.13. The molecule has 0 aliphatic carbocycles. The predicted octanol–water partition coefficient (Wildman–Crippen LogP) is 4.04.